The highest BCUT2D eigenvalue weighted by Gasteiger charge is 2.31. The van der Waals surface area contributed by atoms with Gasteiger partial charge in [0.25, 0.3) is 16.4 Å². The number of carbonyl (C=O) groups excluding carboxylic acids is 1. The smallest absolute Gasteiger partial charge is 0.404 e. The number of aromatic nitrogens is 4. The van der Waals surface area contributed by atoms with E-state index in [1.54, 1.807) is 0 Å². The Morgan fingerprint density at radius 1 is 1.14 bits per heavy atom. The van der Waals surface area contributed by atoms with Crippen LogP contribution in [0.3, 0.4) is 0 Å². The number of hydrogen-bond donors (Lipinski definition) is 3. The molecule has 0 aliphatic heterocycles. The van der Waals surface area contributed by atoms with E-state index in [4.69, 9.17) is 14.9 Å². The molecule has 0 spiro atoms. The number of sulfonamides is 1. The van der Waals surface area contributed by atoms with E-state index in [9.17, 15) is 35.2 Å². The first-order chi connectivity index (χ1) is 19.8. The summed E-state index contributed by atoms with van der Waals surface area (Å²) in [7, 11) is -4.18. The lowest BCUT2D eigenvalue weighted by Gasteiger charge is -2.19. The van der Waals surface area contributed by atoms with E-state index < -0.39 is 53.2 Å². The summed E-state index contributed by atoms with van der Waals surface area (Å²) in [6, 6.07) is 4.58. The fourth-order valence-electron chi connectivity index (χ4n) is 3.75. The van der Waals surface area contributed by atoms with Crippen LogP contribution in [0.4, 0.5) is 31.9 Å². The lowest BCUT2D eigenvalue weighted by molar-refractivity contribution is -0.137. The Kier molecular flexibility index (Phi) is 9.06. The molecule has 4 rings (SSSR count). The maximum Gasteiger partial charge on any atom is 0.419 e. The van der Waals surface area contributed by atoms with Gasteiger partial charge in [0.15, 0.2) is 20.7 Å². The number of anilines is 1. The van der Waals surface area contributed by atoms with Crippen LogP contribution in [0.2, 0.25) is 0 Å². The van der Waals surface area contributed by atoms with Gasteiger partial charge in [-0.1, -0.05) is 23.5 Å². The number of aliphatic hydroxyl groups is 2. The topological polar surface area (TPSA) is 159 Å². The molecule has 42 heavy (non-hydrogen) atoms. The molecular formula is C23H21F5N6O6S2. The van der Waals surface area contributed by atoms with Crippen molar-refractivity contribution in [3.8, 4) is 17.0 Å². The minimum atomic E-state index is -4.61. The fraction of sp³-hybridized carbons (Fsp3) is 0.304. The van der Waals surface area contributed by atoms with Crippen molar-refractivity contribution in [2.24, 2.45) is 0 Å². The van der Waals surface area contributed by atoms with Crippen molar-refractivity contribution >= 4 is 38.2 Å². The van der Waals surface area contributed by atoms with Gasteiger partial charge in [0, 0.05) is 18.7 Å². The van der Waals surface area contributed by atoms with E-state index >= 15 is 0 Å². The summed E-state index contributed by atoms with van der Waals surface area (Å²) < 4.78 is 98.8. The van der Waals surface area contributed by atoms with Gasteiger partial charge in [0.2, 0.25) is 0 Å². The van der Waals surface area contributed by atoms with Gasteiger partial charge in [-0.05, 0) is 25.1 Å². The number of thiazole rings is 1. The highest BCUT2D eigenvalue weighted by molar-refractivity contribution is 7.91. The molecule has 0 fully saturated rings. The number of alkyl halides is 5. The van der Waals surface area contributed by atoms with E-state index in [0.717, 1.165) is 40.8 Å². The van der Waals surface area contributed by atoms with Crippen LogP contribution >= 0.6 is 11.3 Å². The van der Waals surface area contributed by atoms with Crippen LogP contribution < -0.4 is 10.1 Å². The molecule has 19 heteroatoms. The van der Waals surface area contributed by atoms with Crippen LogP contribution in [0.1, 0.15) is 23.4 Å². The van der Waals surface area contributed by atoms with Gasteiger partial charge in [-0.15, -0.1) is 0 Å². The number of nitrogens with zero attached hydrogens (tertiary/aromatic N) is 5. The number of benzene rings is 1. The molecule has 0 unspecified atom stereocenters. The molecule has 3 heterocycles. The maximum atomic E-state index is 13.8. The highest BCUT2D eigenvalue weighted by Crippen LogP contribution is 2.33. The van der Waals surface area contributed by atoms with Crippen molar-refractivity contribution in [1.82, 2.24) is 23.9 Å². The molecule has 0 saturated carbocycles. The van der Waals surface area contributed by atoms with Crippen LogP contribution in [0, 0.1) is 6.92 Å². The summed E-state index contributed by atoms with van der Waals surface area (Å²) >= 11 is 0.568. The summed E-state index contributed by atoms with van der Waals surface area (Å²) in [6.07, 6.45) is -7.97. The van der Waals surface area contributed by atoms with E-state index in [2.05, 4.69) is 20.4 Å². The Labute approximate surface area is 238 Å². The maximum absolute atomic E-state index is 13.8. The Hall–Kier alpha value is -3.78. The lowest BCUT2D eigenvalue weighted by Crippen LogP contribution is -2.35. The van der Waals surface area contributed by atoms with Gasteiger partial charge < -0.3 is 14.9 Å². The summed E-state index contributed by atoms with van der Waals surface area (Å²) in [4.78, 5) is 20.8. The number of carbonyl (C=O) groups is 1. The number of hydrogen-bond acceptors (Lipinski definition) is 10. The van der Waals surface area contributed by atoms with Gasteiger partial charge in [-0.25, -0.2) is 36.5 Å². The second-order valence-corrected chi connectivity index (χ2v) is 11.6. The average Bonchev–Trinajstić information content (AvgIpc) is 3.50. The van der Waals surface area contributed by atoms with Crippen molar-refractivity contribution < 1.29 is 50.1 Å². The molecule has 1 aromatic carbocycles. The van der Waals surface area contributed by atoms with Gasteiger partial charge in [0.1, 0.15) is 5.69 Å². The SMILES string of the molecule is Cc1nc(NC(=O)Oc2cnn3c(C(F)F)cc(-c4ccc(C(F)(F)F)cc4)nc23)sc1S(=O)(=O)N(CCO)CCO. The Morgan fingerprint density at radius 3 is 2.36 bits per heavy atom. The summed E-state index contributed by atoms with van der Waals surface area (Å²) in [5.41, 5.74) is -2.03. The van der Waals surface area contributed by atoms with E-state index in [-0.39, 0.29) is 50.8 Å². The zero-order valence-electron chi connectivity index (χ0n) is 21.3. The minimum Gasteiger partial charge on any atom is -0.404 e. The molecule has 0 aliphatic carbocycles. The Morgan fingerprint density at radius 2 is 1.79 bits per heavy atom. The van der Waals surface area contributed by atoms with Crippen molar-refractivity contribution in [1.29, 1.82) is 0 Å². The standard InChI is InChI=1S/C23H21F5N6O6S2/c1-12-20(42(38,39)33(6-8-35)7-9-36)41-21(30-12)32-22(37)40-17-11-29-34-16(18(24)25)10-15(31-19(17)34)13-2-4-14(5-3-13)23(26,27)28/h2-5,10-11,18,35-36H,6-9H2,1H3,(H,30,32,37). The minimum absolute atomic E-state index is 0.0107. The van der Waals surface area contributed by atoms with Crippen LogP contribution in [0.15, 0.2) is 40.7 Å². The third-order valence-corrected chi connectivity index (χ3v) is 9.20. The quantitative estimate of drug-likeness (QED) is 0.221. The second kappa shape index (κ2) is 12.2. The van der Waals surface area contributed by atoms with Crippen molar-refractivity contribution in [2.45, 2.75) is 23.7 Å². The van der Waals surface area contributed by atoms with Crippen LogP contribution in [-0.2, 0) is 16.2 Å². The third-order valence-electron chi connectivity index (χ3n) is 5.64. The van der Waals surface area contributed by atoms with Crippen LogP contribution in [0.5, 0.6) is 5.75 Å². The number of fused-ring (bicyclic) bond motifs is 1. The molecule has 0 saturated heterocycles. The normalized spacial score (nSPS) is 12.4. The van der Waals surface area contributed by atoms with Crippen LogP contribution in [-0.4, -0.2) is 74.9 Å². The Bertz CT molecular complexity index is 1690. The molecule has 4 aromatic rings. The number of aliphatic hydroxyl groups excluding tert-OH is 2. The van der Waals surface area contributed by atoms with Gasteiger partial charge in [-0.3, -0.25) is 5.32 Å². The molecule has 226 valence electrons. The number of ether oxygens (including phenoxy) is 1. The molecule has 0 atom stereocenters. The number of rotatable bonds is 10. The highest BCUT2D eigenvalue weighted by atomic mass is 32.2. The van der Waals surface area contributed by atoms with Gasteiger partial charge >= 0.3 is 12.3 Å². The largest absolute Gasteiger partial charge is 0.419 e. The third kappa shape index (κ3) is 6.49. The molecule has 0 radical (unpaired) electrons. The van der Waals surface area contributed by atoms with Crippen LogP contribution in [0.25, 0.3) is 16.9 Å². The van der Waals surface area contributed by atoms with Crippen molar-refractivity contribution in [3.63, 3.8) is 0 Å². The molecule has 3 N–H and O–H groups in total. The first kappa shape index (κ1) is 31.2. The molecule has 3 aromatic heterocycles. The first-order valence-electron chi connectivity index (χ1n) is 11.8. The predicted octanol–water partition coefficient (Wildman–Crippen LogP) is 3.70. The van der Waals surface area contributed by atoms with E-state index in [1.165, 1.54) is 6.92 Å². The van der Waals surface area contributed by atoms with E-state index in [0.29, 0.717) is 15.9 Å². The van der Waals surface area contributed by atoms with E-state index in [1.807, 2.05) is 0 Å². The number of nitrogens with one attached hydrogen (secondary N) is 1. The Balaban J connectivity index is 1.61. The zero-order chi connectivity index (χ0) is 30.8. The van der Waals surface area contributed by atoms with Gasteiger partial charge in [0.05, 0.1) is 36.4 Å². The number of halogens is 5. The lowest BCUT2D eigenvalue weighted by atomic mass is 10.1. The number of aryl methyl sites for hydroxylation is 1. The fourth-order valence-corrected chi connectivity index (χ4v) is 6.71. The summed E-state index contributed by atoms with van der Waals surface area (Å²) in [5.74, 6) is -0.388. The van der Waals surface area contributed by atoms with Crippen molar-refractivity contribution in [2.75, 3.05) is 31.6 Å². The average molecular weight is 637 g/mol. The van der Waals surface area contributed by atoms with Crippen molar-refractivity contribution in [3.05, 3.63) is 53.5 Å². The first-order valence-corrected chi connectivity index (χ1v) is 14.0. The molecule has 1 amide bonds. The number of amides is 1. The molecule has 0 bridgehead atoms. The zero-order valence-corrected chi connectivity index (χ0v) is 23.0. The molecular weight excluding hydrogens is 615 g/mol. The van der Waals surface area contributed by atoms with Gasteiger partial charge in [-0.2, -0.15) is 22.6 Å². The predicted molar refractivity (Wildman–Crippen MR) is 138 cm³/mol. The molecule has 0 aliphatic rings. The summed E-state index contributed by atoms with van der Waals surface area (Å²) in [6.45, 7) is -0.227. The monoisotopic (exact) mass is 636 g/mol. The second-order valence-electron chi connectivity index (χ2n) is 8.44. The summed E-state index contributed by atoms with van der Waals surface area (Å²) in [5, 5.41) is 24.1. The molecule has 12 nitrogen and oxygen atoms in total.